The largest absolute Gasteiger partial charge is 0.467 e. The van der Waals surface area contributed by atoms with E-state index in [1.54, 1.807) is 0 Å². The van der Waals surface area contributed by atoms with Gasteiger partial charge in [0, 0.05) is 22.1 Å². The number of benzene rings is 1. The lowest BCUT2D eigenvalue weighted by atomic mass is 10.2. The fraction of sp³-hybridized carbons (Fsp3) is 0.308. The molecular weight excluding hydrogens is 238 g/mol. The van der Waals surface area contributed by atoms with Gasteiger partial charge in [-0.3, -0.25) is 0 Å². The Morgan fingerprint density at radius 3 is 2.88 bits per heavy atom. The lowest BCUT2D eigenvalue weighted by molar-refractivity contribution is -0.144. The molecule has 17 heavy (non-hydrogen) atoms. The van der Waals surface area contributed by atoms with Gasteiger partial charge in [0.05, 0.1) is 7.11 Å². The summed E-state index contributed by atoms with van der Waals surface area (Å²) in [6.45, 7) is 1.96. The number of hydrogen-bond acceptors (Lipinski definition) is 2. The number of hydrogen-bond donors (Lipinski definition) is 0. The molecule has 1 atom stereocenters. The summed E-state index contributed by atoms with van der Waals surface area (Å²) in [5.74, 6) is -0.222. The minimum Gasteiger partial charge on any atom is -0.467 e. The molecule has 2 aromatic rings. The summed E-state index contributed by atoms with van der Waals surface area (Å²) in [5.41, 5.74) is 0.992. The van der Waals surface area contributed by atoms with Crippen molar-refractivity contribution >= 4 is 28.5 Å². The fourth-order valence-corrected chi connectivity index (χ4v) is 2.20. The van der Waals surface area contributed by atoms with Gasteiger partial charge in [-0.05, 0) is 30.7 Å². The van der Waals surface area contributed by atoms with Crippen LogP contribution in [0.15, 0.2) is 30.5 Å². The number of nitrogens with zero attached hydrogens (tertiary/aromatic N) is 1. The standard InChI is InChI=1S/C13H14ClNO2/c1-3-11(13(16)17-2)15-7-6-9-8-10(14)4-5-12(9)15/h4-8,11H,3H2,1-2H3. The lowest BCUT2D eigenvalue weighted by Crippen LogP contribution is -2.19. The average molecular weight is 252 g/mol. The average Bonchev–Trinajstić information content (AvgIpc) is 2.73. The Morgan fingerprint density at radius 2 is 2.24 bits per heavy atom. The van der Waals surface area contributed by atoms with Gasteiger partial charge in [-0.1, -0.05) is 18.5 Å². The molecule has 4 heteroatoms. The maximum atomic E-state index is 11.7. The number of aromatic nitrogens is 1. The molecule has 0 bridgehead atoms. The van der Waals surface area contributed by atoms with E-state index in [0.717, 1.165) is 10.9 Å². The van der Waals surface area contributed by atoms with Crippen molar-refractivity contribution in [3.05, 3.63) is 35.5 Å². The number of carbonyl (C=O) groups is 1. The Hall–Kier alpha value is -1.48. The van der Waals surface area contributed by atoms with E-state index in [9.17, 15) is 4.79 Å². The van der Waals surface area contributed by atoms with Crippen LogP contribution < -0.4 is 0 Å². The van der Waals surface area contributed by atoms with E-state index in [-0.39, 0.29) is 12.0 Å². The van der Waals surface area contributed by atoms with Gasteiger partial charge in [-0.2, -0.15) is 0 Å². The zero-order chi connectivity index (χ0) is 12.4. The predicted octanol–water partition coefficient (Wildman–Crippen LogP) is 3.42. The van der Waals surface area contributed by atoms with Gasteiger partial charge >= 0.3 is 5.97 Å². The quantitative estimate of drug-likeness (QED) is 0.783. The number of esters is 1. The summed E-state index contributed by atoms with van der Waals surface area (Å²) < 4.78 is 6.74. The van der Waals surface area contributed by atoms with Crippen LogP contribution >= 0.6 is 11.6 Å². The van der Waals surface area contributed by atoms with Crippen molar-refractivity contribution in [2.75, 3.05) is 7.11 Å². The van der Waals surface area contributed by atoms with Crippen molar-refractivity contribution in [2.45, 2.75) is 19.4 Å². The van der Waals surface area contributed by atoms with Crippen molar-refractivity contribution in [1.29, 1.82) is 0 Å². The smallest absolute Gasteiger partial charge is 0.328 e. The van der Waals surface area contributed by atoms with Crippen LogP contribution in [0.3, 0.4) is 0 Å². The highest BCUT2D eigenvalue weighted by Crippen LogP contribution is 2.25. The van der Waals surface area contributed by atoms with Gasteiger partial charge in [-0.25, -0.2) is 4.79 Å². The summed E-state index contributed by atoms with van der Waals surface area (Å²) in [7, 11) is 1.41. The maximum absolute atomic E-state index is 11.7. The van der Waals surface area contributed by atoms with Crippen LogP contribution in [-0.2, 0) is 9.53 Å². The number of methoxy groups -OCH3 is 1. The van der Waals surface area contributed by atoms with E-state index in [2.05, 4.69) is 0 Å². The van der Waals surface area contributed by atoms with Gasteiger partial charge in [0.15, 0.2) is 0 Å². The molecular formula is C13H14ClNO2. The van der Waals surface area contributed by atoms with Crippen molar-refractivity contribution in [3.8, 4) is 0 Å². The summed E-state index contributed by atoms with van der Waals surface area (Å²) in [5, 5.41) is 1.72. The van der Waals surface area contributed by atoms with Crippen LogP contribution in [0.25, 0.3) is 10.9 Å². The minimum atomic E-state index is -0.279. The molecule has 3 nitrogen and oxygen atoms in total. The Kier molecular flexibility index (Phi) is 3.38. The molecule has 0 saturated carbocycles. The second kappa shape index (κ2) is 4.80. The first-order valence-electron chi connectivity index (χ1n) is 5.51. The number of carbonyl (C=O) groups excluding carboxylic acids is 1. The molecule has 1 unspecified atom stereocenters. The Labute approximate surface area is 105 Å². The normalized spacial score (nSPS) is 12.6. The topological polar surface area (TPSA) is 31.2 Å². The molecule has 1 aromatic heterocycles. The zero-order valence-corrected chi connectivity index (χ0v) is 10.6. The van der Waals surface area contributed by atoms with Gasteiger partial charge in [0.25, 0.3) is 0 Å². The first-order chi connectivity index (χ1) is 8.17. The molecule has 0 fully saturated rings. The third-order valence-corrected chi connectivity index (χ3v) is 3.11. The second-order valence-electron chi connectivity index (χ2n) is 3.87. The number of fused-ring (bicyclic) bond motifs is 1. The van der Waals surface area contributed by atoms with E-state index >= 15 is 0 Å². The van der Waals surface area contributed by atoms with Crippen LogP contribution in [-0.4, -0.2) is 17.6 Å². The van der Waals surface area contributed by atoms with Crippen LogP contribution in [0.4, 0.5) is 0 Å². The van der Waals surface area contributed by atoms with Crippen molar-refractivity contribution < 1.29 is 9.53 Å². The molecule has 0 radical (unpaired) electrons. The summed E-state index contributed by atoms with van der Waals surface area (Å²) >= 11 is 5.93. The molecule has 0 aliphatic carbocycles. The van der Waals surface area contributed by atoms with Gasteiger partial charge in [0.1, 0.15) is 6.04 Å². The molecule has 0 aliphatic rings. The number of rotatable bonds is 3. The molecule has 1 aromatic carbocycles. The summed E-state index contributed by atoms with van der Waals surface area (Å²) in [6, 6.07) is 7.30. The Bertz CT molecular complexity index is 547. The summed E-state index contributed by atoms with van der Waals surface area (Å²) in [4.78, 5) is 11.7. The summed E-state index contributed by atoms with van der Waals surface area (Å²) in [6.07, 6.45) is 2.59. The van der Waals surface area contributed by atoms with Crippen molar-refractivity contribution in [3.63, 3.8) is 0 Å². The first kappa shape index (κ1) is 12.0. The maximum Gasteiger partial charge on any atom is 0.328 e. The SMILES string of the molecule is CCC(C(=O)OC)n1ccc2cc(Cl)ccc21. The van der Waals surface area contributed by atoms with Gasteiger partial charge in [-0.15, -0.1) is 0 Å². The lowest BCUT2D eigenvalue weighted by Gasteiger charge is -2.15. The molecule has 0 amide bonds. The van der Waals surface area contributed by atoms with Gasteiger partial charge < -0.3 is 9.30 Å². The molecule has 0 N–H and O–H groups in total. The van der Waals surface area contributed by atoms with E-state index in [1.165, 1.54) is 7.11 Å². The highest BCUT2D eigenvalue weighted by atomic mass is 35.5. The first-order valence-corrected chi connectivity index (χ1v) is 5.89. The van der Waals surface area contributed by atoms with Crippen LogP contribution in [0.2, 0.25) is 5.02 Å². The van der Waals surface area contributed by atoms with E-state index in [4.69, 9.17) is 16.3 Å². The highest BCUT2D eigenvalue weighted by molar-refractivity contribution is 6.31. The Morgan fingerprint density at radius 1 is 1.47 bits per heavy atom. The Balaban J connectivity index is 2.51. The van der Waals surface area contributed by atoms with E-state index in [1.807, 2.05) is 42.0 Å². The number of ether oxygens (including phenoxy) is 1. The minimum absolute atomic E-state index is 0.222. The fourth-order valence-electron chi connectivity index (χ4n) is 2.02. The molecule has 0 saturated heterocycles. The van der Waals surface area contributed by atoms with Crippen molar-refractivity contribution in [1.82, 2.24) is 4.57 Å². The van der Waals surface area contributed by atoms with Gasteiger partial charge in [0.2, 0.25) is 0 Å². The third kappa shape index (κ3) is 2.15. The molecule has 1 heterocycles. The van der Waals surface area contributed by atoms with Crippen LogP contribution in [0.5, 0.6) is 0 Å². The van der Waals surface area contributed by atoms with Crippen molar-refractivity contribution in [2.24, 2.45) is 0 Å². The molecule has 0 spiro atoms. The van der Waals surface area contributed by atoms with Crippen LogP contribution in [0.1, 0.15) is 19.4 Å². The monoisotopic (exact) mass is 251 g/mol. The number of halogens is 1. The molecule has 0 aliphatic heterocycles. The van der Waals surface area contributed by atoms with E-state index in [0.29, 0.717) is 11.4 Å². The third-order valence-electron chi connectivity index (χ3n) is 2.88. The second-order valence-corrected chi connectivity index (χ2v) is 4.31. The van der Waals surface area contributed by atoms with E-state index < -0.39 is 0 Å². The highest BCUT2D eigenvalue weighted by Gasteiger charge is 2.20. The predicted molar refractivity (Wildman–Crippen MR) is 68.3 cm³/mol. The molecule has 2 rings (SSSR count). The van der Waals surface area contributed by atoms with Crippen LogP contribution in [0, 0.1) is 0 Å². The molecule has 90 valence electrons. The zero-order valence-electron chi connectivity index (χ0n) is 9.81.